The summed E-state index contributed by atoms with van der Waals surface area (Å²) in [6, 6.07) is 68.4. The second-order valence-corrected chi connectivity index (χ2v) is 18.7. The van der Waals surface area contributed by atoms with Crippen LogP contribution in [-0.4, -0.2) is 19.1 Å². The molecular formula is C66H58N4. The van der Waals surface area contributed by atoms with E-state index < -0.39 is 0 Å². The zero-order valence-corrected chi connectivity index (χ0v) is 39.7. The highest BCUT2D eigenvalue weighted by Gasteiger charge is 2.20. The maximum atomic E-state index is 5.06. The summed E-state index contributed by atoms with van der Waals surface area (Å²) in [4.78, 5) is 9.68. The molecule has 9 aromatic rings. The van der Waals surface area contributed by atoms with Gasteiger partial charge in [-0.3, -0.25) is 4.98 Å². The van der Waals surface area contributed by atoms with Gasteiger partial charge in [0.25, 0.3) is 0 Å². The molecule has 0 amide bonds. The van der Waals surface area contributed by atoms with E-state index in [9.17, 15) is 0 Å². The van der Waals surface area contributed by atoms with Crippen molar-refractivity contribution in [2.75, 3.05) is 0 Å². The first-order valence-electron chi connectivity index (χ1n) is 25.1. The quantitative estimate of drug-likeness (QED) is 0.0968. The average molecular weight is 907 g/mol. The molecule has 0 radical (unpaired) electrons. The first-order chi connectivity index (χ1) is 34.7. The predicted octanol–water partition coefficient (Wildman–Crippen LogP) is 16.8. The summed E-state index contributed by atoms with van der Waals surface area (Å²) in [6.07, 6.45) is 27.0. The minimum atomic E-state index is 0.365. The minimum absolute atomic E-state index is 0.365. The van der Waals surface area contributed by atoms with Gasteiger partial charge >= 0.3 is 0 Å². The Morgan fingerprint density at radius 1 is 0.429 bits per heavy atom. The fourth-order valence-corrected chi connectivity index (χ4v) is 10.3. The third-order valence-corrected chi connectivity index (χ3v) is 14.1. The molecule has 0 spiro atoms. The zero-order chi connectivity index (χ0) is 46.9. The number of hydrogen-bond donors (Lipinski definition) is 0. The van der Waals surface area contributed by atoms with E-state index in [1.54, 1.807) is 0 Å². The summed E-state index contributed by atoms with van der Waals surface area (Å²) >= 11 is 0. The lowest BCUT2D eigenvalue weighted by molar-refractivity contribution is 0.763. The summed E-state index contributed by atoms with van der Waals surface area (Å²) in [5.41, 5.74) is 20.9. The number of aryl methyl sites for hydroxylation is 3. The van der Waals surface area contributed by atoms with Crippen LogP contribution in [0.25, 0.3) is 67.7 Å². The Balaban J connectivity index is 0.680. The molecule has 70 heavy (non-hydrogen) atoms. The molecule has 2 aliphatic rings. The van der Waals surface area contributed by atoms with Crippen LogP contribution in [0.1, 0.15) is 66.8 Å². The van der Waals surface area contributed by atoms with Crippen molar-refractivity contribution in [3.05, 3.63) is 265 Å². The van der Waals surface area contributed by atoms with Gasteiger partial charge in [-0.25, -0.2) is 4.98 Å². The summed E-state index contributed by atoms with van der Waals surface area (Å²) in [5.74, 6) is 0.365. The van der Waals surface area contributed by atoms with Crippen molar-refractivity contribution in [1.82, 2.24) is 19.1 Å². The largest absolute Gasteiger partial charge is 0.313 e. The molecule has 0 aliphatic heterocycles. The summed E-state index contributed by atoms with van der Waals surface area (Å²) in [5, 5.41) is 0. The summed E-state index contributed by atoms with van der Waals surface area (Å²) in [6.45, 7) is 0. The molecule has 3 heterocycles. The van der Waals surface area contributed by atoms with Gasteiger partial charge < -0.3 is 9.13 Å². The first kappa shape index (κ1) is 44.4. The number of benzene rings is 6. The van der Waals surface area contributed by atoms with E-state index in [-0.39, 0.29) is 0 Å². The second kappa shape index (κ2) is 21.1. The number of allylic oxidation sites excluding steroid dienone is 8. The van der Waals surface area contributed by atoms with Crippen LogP contribution in [0, 0.1) is 0 Å². The minimum Gasteiger partial charge on any atom is -0.313 e. The van der Waals surface area contributed by atoms with Crippen LogP contribution in [0.3, 0.4) is 0 Å². The molecule has 4 nitrogen and oxygen atoms in total. The van der Waals surface area contributed by atoms with Gasteiger partial charge in [0.15, 0.2) is 0 Å². The Bertz CT molecular complexity index is 3240. The number of nitrogens with zero attached hydrogens (tertiary/aromatic N) is 4. The Labute approximate surface area is 413 Å². The third kappa shape index (κ3) is 10.0. The molecule has 1 atom stereocenters. The molecule has 1 unspecified atom stereocenters. The van der Waals surface area contributed by atoms with Gasteiger partial charge in [0.05, 0.1) is 40.9 Å². The standard InChI is InChI=1S/C66H58N4/c1-5-19-55(20-6-1)63-43-44-64(56-21-7-2-8-22-56)69(63)59-39-31-51(32-40-59)17-13-15-49-27-35-53(36-28-49)61-47-67-48-62(68-61)54-37-29-50(30-38-54)16-14-18-52-33-41-60(42-34-52)70-65(57-23-9-3-10-24-57)45-46-66(70)58-25-11-4-12-26-58/h1-12,19-25,27-31,33-39,41-48,58H,13-18,26,32,40H2. The van der Waals surface area contributed by atoms with Gasteiger partial charge in [0.1, 0.15) is 0 Å². The molecule has 4 heteroatoms. The molecule has 0 saturated carbocycles. The zero-order valence-electron chi connectivity index (χ0n) is 39.7. The average Bonchev–Trinajstić information content (AvgIpc) is 4.09. The van der Waals surface area contributed by atoms with E-state index in [0.29, 0.717) is 5.92 Å². The normalized spacial score (nSPS) is 14.4. The Morgan fingerprint density at radius 2 is 0.929 bits per heavy atom. The van der Waals surface area contributed by atoms with Crippen LogP contribution in [-0.2, 0) is 19.3 Å². The van der Waals surface area contributed by atoms with Crippen molar-refractivity contribution in [2.45, 2.75) is 63.7 Å². The molecule has 6 aromatic carbocycles. The SMILES string of the molecule is C1=CCC(c2ccc(-c3ccccc3)n2-c2ccc(CCCc3ccc(-c4cncc(-c5ccc(CCCC6=CC=C(n7c(-c8ccccc8)ccc7-c7ccccc7)CC6)cc5)n4)cc3)cc2)C=C1. The van der Waals surface area contributed by atoms with Crippen LogP contribution < -0.4 is 0 Å². The van der Waals surface area contributed by atoms with E-state index >= 15 is 0 Å². The molecule has 0 fully saturated rings. The summed E-state index contributed by atoms with van der Waals surface area (Å²) in [7, 11) is 0. The summed E-state index contributed by atoms with van der Waals surface area (Å²) < 4.78 is 4.91. The maximum absolute atomic E-state index is 5.06. The van der Waals surface area contributed by atoms with Gasteiger partial charge in [-0.05, 0) is 134 Å². The molecule has 0 saturated heterocycles. The van der Waals surface area contributed by atoms with Crippen molar-refractivity contribution in [3.8, 4) is 62.0 Å². The van der Waals surface area contributed by atoms with E-state index in [4.69, 9.17) is 4.98 Å². The van der Waals surface area contributed by atoms with Crippen LogP contribution in [0.15, 0.2) is 242 Å². The van der Waals surface area contributed by atoms with E-state index in [2.05, 4.69) is 239 Å². The van der Waals surface area contributed by atoms with E-state index in [1.807, 2.05) is 12.4 Å². The lowest BCUT2D eigenvalue weighted by Gasteiger charge is -2.21. The second-order valence-electron chi connectivity index (χ2n) is 18.7. The van der Waals surface area contributed by atoms with Crippen molar-refractivity contribution in [3.63, 3.8) is 0 Å². The Kier molecular flexibility index (Phi) is 13.4. The van der Waals surface area contributed by atoms with Crippen LogP contribution in [0.4, 0.5) is 0 Å². The molecule has 11 rings (SSSR count). The topological polar surface area (TPSA) is 35.6 Å². The van der Waals surface area contributed by atoms with Crippen LogP contribution in [0.5, 0.6) is 0 Å². The number of hydrogen-bond acceptors (Lipinski definition) is 2. The number of aromatic nitrogens is 4. The van der Waals surface area contributed by atoms with Gasteiger partial charge in [0.2, 0.25) is 0 Å². The van der Waals surface area contributed by atoms with Crippen LogP contribution in [0.2, 0.25) is 0 Å². The van der Waals surface area contributed by atoms with Crippen molar-refractivity contribution in [2.24, 2.45) is 0 Å². The van der Waals surface area contributed by atoms with Gasteiger partial charge in [-0.2, -0.15) is 0 Å². The van der Waals surface area contributed by atoms with Gasteiger partial charge in [-0.15, -0.1) is 0 Å². The fraction of sp³-hybridized carbons (Fsp3) is 0.152. The highest BCUT2D eigenvalue weighted by atomic mass is 15.0. The molecule has 342 valence electrons. The molecule has 3 aromatic heterocycles. The van der Waals surface area contributed by atoms with Gasteiger partial charge in [-0.1, -0.05) is 188 Å². The maximum Gasteiger partial charge on any atom is 0.0892 e. The van der Waals surface area contributed by atoms with E-state index in [1.165, 1.54) is 73.1 Å². The Hall–Kier alpha value is -8.08. The smallest absolute Gasteiger partial charge is 0.0892 e. The first-order valence-corrected chi connectivity index (χ1v) is 25.1. The fourth-order valence-electron chi connectivity index (χ4n) is 10.3. The molecular weight excluding hydrogens is 849 g/mol. The van der Waals surface area contributed by atoms with Gasteiger partial charge in [0, 0.05) is 34.1 Å². The molecule has 2 aliphatic carbocycles. The lowest BCUT2D eigenvalue weighted by atomic mass is 9.95. The molecule has 0 bridgehead atoms. The van der Waals surface area contributed by atoms with Crippen molar-refractivity contribution >= 4 is 5.70 Å². The van der Waals surface area contributed by atoms with Crippen molar-refractivity contribution in [1.29, 1.82) is 0 Å². The monoisotopic (exact) mass is 906 g/mol. The van der Waals surface area contributed by atoms with E-state index in [0.717, 1.165) is 80.3 Å². The third-order valence-electron chi connectivity index (χ3n) is 14.1. The highest BCUT2D eigenvalue weighted by Crippen LogP contribution is 2.37. The van der Waals surface area contributed by atoms with Crippen LogP contribution >= 0.6 is 0 Å². The number of rotatable bonds is 16. The van der Waals surface area contributed by atoms with Crippen molar-refractivity contribution < 1.29 is 0 Å². The molecule has 0 N–H and O–H groups in total. The highest BCUT2D eigenvalue weighted by molar-refractivity contribution is 5.77. The lowest BCUT2D eigenvalue weighted by Crippen LogP contribution is -2.07. The Morgan fingerprint density at radius 3 is 1.43 bits per heavy atom. The predicted molar refractivity (Wildman–Crippen MR) is 292 cm³/mol.